The third kappa shape index (κ3) is 3.68. The summed E-state index contributed by atoms with van der Waals surface area (Å²) < 4.78 is 8.64. The number of pyridine rings is 2. The molecule has 1 aliphatic heterocycles. The summed E-state index contributed by atoms with van der Waals surface area (Å²) in [6.45, 7) is 5.21. The van der Waals surface area contributed by atoms with Crippen LogP contribution in [0, 0.1) is 11.3 Å². The van der Waals surface area contributed by atoms with E-state index in [4.69, 9.17) is 10.00 Å². The van der Waals surface area contributed by atoms with Gasteiger partial charge < -0.3 is 19.7 Å². The number of nitrogens with one attached hydrogen (secondary N) is 1. The predicted molar refractivity (Wildman–Crippen MR) is 117 cm³/mol. The van der Waals surface area contributed by atoms with E-state index in [9.17, 15) is 5.11 Å². The van der Waals surface area contributed by atoms with Gasteiger partial charge in [-0.25, -0.2) is 15.0 Å². The second kappa shape index (κ2) is 7.71. The number of rotatable bonds is 6. The van der Waals surface area contributed by atoms with Gasteiger partial charge in [-0.3, -0.25) is 0 Å². The summed E-state index contributed by atoms with van der Waals surface area (Å²) in [7, 11) is 0. The van der Waals surface area contributed by atoms with E-state index in [1.807, 2.05) is 16.8 Å². The first-order valence-corrected chi connectivity index (χ1v) is 10.3. The van der Waals surface area contributed by atoms with E-state index in [1.165, 1.54) is 6.20 Å². The van der Waals surface area contributed by atoms with Gasteiger partial charge in [0.2, 0.25) is 0 Å². The van der Waals surface area contributed by atoms with Gasteiger partial charge in [0.25, 0.3) is 0 Å². The van der Waals surface area contributed by atoms with Crippen LogP contribution >= 0.6 is 0 Å². The Morgan fingerprint density at radius 1 is 1.22 bits per heavy atom. The summed E-state index contributed by atoms with van der Waals surface area (Å²) in [5.74, 6) is 0.601. The van der Waals surface area contributed by atoms with E-state index in [0.29, 0.717) is 36.8 Å². The molecule has 0 amide bonds. The lowest BCUT2D eigenvalue weighted by atomic mass is 10.0. The van der Waals surface area contributed by atoms with Crippen molar-refractivity contribution >= 4 is 16.7 Å². The number of fused-ring (bicyclic) bond motifs is 1. The van der Waals surface area contributed by atoms with E-state index in [1.54, 1.807) is 29.5 Å². The molecule has 2 N–H and O–H groups in total. The van der Waals surface area contributed by atoms with Crippen molar-refractivity contribution in [1.82, 2.24) is 29.3 Å². The highest BCUT2D eigenvalue weighted by molar-refractivity contribution is 5.79. The van der Waals surface area contributed by atoms with Gasteiger partial charge in [-0.15, -0.1) is 0 Å². The lowest BCUT2D eigenvalue weighted by Gasteiger charge is -2.36. The number of ether oxygens (including phenoxy) is 1. The van der Waals surface area contributed by atoms with Crippen LogP contribution in [0.1, 0.15) is 19.4 Å². The van der Waals surface area contributed by atoms with Crippen LogP contribution in [0.2, 0.25) is 0 Å². The summed E-state index contributed by atoms with van der Waals surface area (Å²) in [5.41, 5.74) is 2.72. The summed E-state index contributed by atoms with van der Waals surface area (Å²) in [4.78, 5) is 13.5. The smallest absolute Gasteiger partial charge is 0.164 e. The molecule has 5 rings (SSSR count). The van der Waals surface area contributed by atoms with Crippen molar-refractivity contribution in [3.05, 3.63) is 48.8 Å². The number of nitrogens with zero attached hydrogens (tertiary/aromatic N) is 7. The number of nitriles is 1. The quantitative estimate of drug-likeness (QED) is 0.476. The van der Waals surface area contributed by atoms with Crippen LogP contribution in [0.4, 0.5) is 5.69 Å². The molecular formula is C22H22N8O2. The van der Waals surface area contributed by atoms with Crippen molar-refractivity contribution in [2.24, 2.45) is 0 Å². The van der Waals surface area contributed by atoms with E-state index in [2.05, 4.69) is 45.3 Å². The monoisotopic (exact) mass is 430 g/mol. The highest BCUT2D eigenvalue weighted by Gasteiger charge is 2.36. The van der Waals surface area contributed by atoms with Gasteiger partial charge >= 0.3 is 0 Å². The van der Waals surface area contributed by atoms with Crippen LogP contribution in [0.25, 0.3) is 28.1 Å². The molecule has 10 nitrogen and oxygen atoms in total. The molecule has 0 aromatic carbocycles. The SMILES string of the molecule is CC(C)Nc1cc(-n2ncc3cc(C#N)cnc32)ncc1-c1cn(CC2(O)COC2)cn1. The lowest BCUT2D eigenvalue weighted by Crippen LogP contribution is -2.52. The minimum absolute atomic E-state index is 0.185. The molecule has 4 aromatic heterocycles. The standard InChI is InChI=1S/C22H22N8O2/c1-14(2)28-18-4-20(30-21-16(7-27-30)3-15(5-23)6-25-21)24-8-17(18)19-9-29(13-26-19)10-22(31)11-32-12-22/h3-4,6-9,13-14,31H,10-12H2,1-2H3,(H,24,28). The fraction of sp³-hybridized carbons (Fsp3) is 0.318. The predicted octanol–water partition coefficient (Wildman–Crippen LogP) is 2.13. The van der Waals surface area contributed by atoms with Crippen molar-refractivity contribution < 1.29 is 9.84 Å². The number of aliphatic hydroxyl groups is 1. The molecule has 0 saturated carbocycles. The third-order valence-corrected chi connectivity index (χ3v) is 5.22. The molecule has 0 radical (unpaired) electrons. The zero-order chi connectivity index (χ0) is 22.3. The van der Waals surface area contributed by atoms with Gasteiger partial charge in [-0.05, 0) is 19.9 Å². The number of hydrogen-bond donors (Lipinski definition) is 2. The largest absolute Gasteiger partial charge is 0.383 e. The minimum Gasteiger partial charge on any atom is -0.383 e. The van der Waals surface area contributed by atoms with Gasteiger partial charge in [0, 0.05) is 47.3 Å². The van der Waals surface area contributed by atoms with Crippen LogP contribution in [0.3, 0.4) is 0 Å². The van der Waals surface area contributed by atoms with Gasteiger partial charge in [0.05, 0.1) is 43.5 Å². The second-order valence-corrected chi connectivity index (χ2v) is 8.34. The Bertz CT molecular complexity index is 1330. The molecule has 1 fully saturated rings. The molecule has 0 unspecified atom stereocenters. The maximum Gasteiger partial charge on any atom is 0.164 e. The Morgan fingerprint density at radius 3 is 2.78 bits per heavy atom. The summed E-state index contributed by atoms with van der Waals surface area (Å²) in [6.07, 6.45) is 8.55. The molecule has 0 aliphatic carbocycles. The average molecular weight is 430 g/mol. The Hall–Kier alpha value is -3.81. The topological polar surface area (TPSA) is 127 Å². The summed E-state index contributed by atoms with van der Waals surface area (Å²) in [6, 6.07) is 5.94. The zero-order valence-electron chi connectivity index (χ0n) is 17.7. The molecule has 4 aromatic rings. The molecule has 0 atom stereocenters. The molecule has 5 heterocycles. The first-order chi connectivity index (χ1) is 15.4. The molecule has 0 spiro atoms. The highest BCUT2D eigenvalue weighted by Crippen LogP contribution is 2.30. The van der Waals surface area contributed by atoms with Gasteiger partial charge in [-0.2, -0.15) is 15.0 Å². The van der Waals surface area contributed by atoms with E-state index in [-0.39, 0.29) is 6.04 Å². The Balaban J connectivity index is 1.51. The van der Waals surface area contributed by atoms with Crippen LogP contribution < -0.4 is 5.32 Å². The number of anilines is 1. The molecule has 0 bridgehead atoms. The molecule has 1 saturated heterocycles. The van der Waals surface area contributed by atoms with Crippen molar-refractivity contribution in [1.29, 1.82) is 5.26 Å². The maximum absolute atomic E-state index is 10.3. The van der Waals surface area contributed by atoms with Crippen LogP contribution in [-0.4, -0.2) is 59.3 Å². The molecule has 32 heavy (non-hydrogen) atoms. The van der Waals surface area contributed by atoms with Gasteiger partial charge in [0.1, 0.15) is 11.7 Å². The molecular weight excluding hydrogens is 408 g/mol. The van der Waals surface area contributed by atoms with Crippen LogP contribution in [-0.2, 0) is 11.3 Å². The third-order valence-electron chi connectivity index (χ3n) is 5.22. The zero-order valence-corrected chi connectivity index (χ0v) is 17.7. The Kier molecular flexibility index (Phi) is 4.84. The number of hydrogen-bond acceptors (Lipinski definition) is 8. The molecule has 10 heteroatoms. The van der Waals surface area contributed by atoms with Crippen LogP contribution in [0.5, 0.6) is 0 Å². The second-order valence-electron chi connectivity index (χ2n) is 8.34. The summed E-state index contributed by atoms with van der Waals surface area (Å²) in [5, 5.41) is 28.1. The normalized spacial score (nSPS) is 15.0. The first-order valence-electron chi connectivity index (χ1n) is 10.3. The highest BCUT2D eigenvalue weighted by atomic mass is 16.5. The van der Waals surface area contributed by atoms with Crippen LogP contribution in [0.15, 0.2) is 43.2 Å². The van der Waals surface area contributed by atoms with E-state index in [0.717, 1.165) is 22.3 Å². The van der Waals surface area contributed by atoms with E-state index >= 15 is 0 Å². The van der Waals surface area contributed by atoms with Crippen molar-refractivity contribution in [2.45, 2.75) is 32.0 Å². The average Bonchev–Trinajstić information content (AvgIpc) is 3.38. The van der Waals surface area contributed by atoms with Crippen molar-refractivity contribution in [3.8, 4) is 23.1 Å². The number of aromatic nitrogens is 6. The lowest BCUT2D eigenvalue weighted by molar-refractivity contribution is -0.185. The molecule has 1 aliphatic rings. The molecule has 162 valence electrons. The maximum atomic E-state index is 10.3. The van der Waals surface area contributed by atoms with Gasteiger partial charge in [-0.1, -0.05) is 0 Å². The fourth-order valence-corrected chi connectivity index (χ4v) is 3.70. The summed E-state index contributed by atoms with van der Waals surface area (Å²) >= 11 is 0. The number of imidazole rings is 1. The van der Waals surface area contributed by atoms with Gasteiger partial charge in [0.15, 0.2) is 11.5 Å². The fourth-order valence-electron chi connectivity index (χ4n) is 3.70. The minimum atomic E-state index is -0.835. The van der Waals surface area contributed by atoms with Crippen molar-refractivity contribution in [2.75, 3.05) is 18.5 Å². The van der Waals surface area contributed by atoms with Crippen molar-refractivity contribution in [3.63, 3.8) is 0 Å². The Morgan fingerprint density at radius 2 is 2.06 bits per heavy atom. The Labute approximate surface area is 184 Å². The van der Waals surface area contributed by atoms with E-state index < -0.39 is 5.60 Å². The first kappa shape index (κ1) is 20.1.